The molecule has 0 unspecified atom stereocenters. The third-order valence-electron chi connectivity index (χ3n) is 3.35. The Labute approximate surface area is 121 Å². The van der Waals surface area contributed by atoms with Gasteiger partial charge in [-0.3, -0.25) is 4.90 Å². The average molecular weight is 297 g/mol. The molecule has 0 N–H and O–H groups in total. The summed E-state index contributed by atoms with van der Waals surface area (Å²) < 4.78 is 5.16. The van der Waals surface area contributed by atoms with Crippen LogP contribution in [0.5, 0.6) is 0 Å². The van der Waals surface area contributed by atoms with Crippen LogP contribution in [0, 0.1) is 0 Å². The molecule has 0 radical (unpaired) electrons. The highest BCUT2D eigenvalue weighted by atomic mass is 35.5. The van der Waals surface area contributed by atoms with Crippen LogP contribution < -0.4 is 0 Å². The highest BCUT2D eigenvalue weighted by Gasteiger charge is 2.08. The minimum atomic E-state index is 0.736. The Balaban J connectivity index is 0.000000180. The zero-order valence-electron chi connectivity index (χ0n) is 11.3. The number of morpholine rings is 1. The lowest BCUT2D eigenvalue weighted by atomic mass is 10.1. The van der Waals surface area contributed by atoms with E-state index in [9.17, 15) is 0 Å². The van der Waals surface area contributed by atoms with E-state index in [-0.39, 0.29) is 0 Å². The number of nitrogens with zero attached hydrogens (tertiary/aromatic N) is 2. The van der Waals surface area contributed by atoms with Crippen LogP contribution in [-0.4, -0.2) is 74.0 Å². The second-order valence-corrected chi connectivity index (χ2v) is 5.49. The van der Waals surface area contributed by atoms with Gasteiger partial charge in [-0.25, -0.2) is 0 Å². The van der Waals surface area contributed by atoms with Crippen molar-refractivity contribution in [2.45, 2.75) is 19.3 Å². The third kappa shape index (κ3) is 7.80. The Hall–Kier alpha value is 0.460. The molecule has 0 saturated carbocycles. The molecule has 0 bridgehead atoms. The van der Waals surface area contributed by atoms with E-state index in [0.29, 0.717) is 0 Å². The van der Waals surface area contributed by atoms with E-state index in [2.05, 4.69) is 9.80 Å². The van der Waals surface area contributed by atoms with Crippen molar-refractivity contribution >= 4 is 23.2 Å². The fourth-order valence-electron chi connectivity index (χ4n) is 2.25. The number of piperidine rings is 1. The lowest BCUT2D eigenvalue weighted by Crippen LogP contribution is -2.37. The Morgan fingerprint density at radius 2 is 1.22 bits per heavy atom. The fraction of sp³-hybridized carbons (Fsp3) is 1.00. The molecule has 0 aromatic carbocycles. The van der Waals surface area contributed by atoms with Gasteiger partial charge in [-0.1, -0.05) is 6.42 Å². The largest absolute Gasteiger partial charge is 0.379 e. The Morgan fingerprint density at radius 3 is 1.72 bits per heavy atom. The Kier molecular flexibility index (Phi) is 10.4. The summed E-state index contributed by atoms with van der Waals surface area (Å²) in [5.41, 5.74) is 0. The molecular formula is C13H26Cl2N2O. The number of hydrogen-bond acceptors (Lipinski definition) is 3. The lowest BCUT2D eigenvalue weighted by molar-refractivity contribution is 0.0408. The van der Waals surface area contributed by atoms with Gasteiger partial charge in [0.15, 0.2) is 0 Å². The van der Waals surface area contributed by atoms with Crippen LogP contribution in [0.4, 0.5) is 0 Å². The number of hydrogen-bond donors (Lipinski definition) is 0. The van der Waals surface area contributed by atoms with Gasteiger partial charge in [0.1, 0.15) is 0 Å². The first-order valence-electron chi connectivity index (χ1n) is 7.01. The molecule has 0 aromatic heterocycles. The van der Waals surface area contributed by atoms with E-state index >= 15 is 0 Å². The van der Waals surface area contributed by atoms with Gasteiger partial charge in [0.25, 0.3) is 0 Å². The van der Waals surface area contributed by atoms with Crippen molar-refractivity contribution in [2.75, 3.05) is 64.2 Å². The second-order valence-electron chi connectivity index (χ2n) is 4.73. The second kappa shape index (κ2) is 11.3. The Bertz CT molecular complexity index is 158. The van der Waals surface area contributed by atoms with Gasteiger partial charge in [0, 0.05) is 37.9 Å². The molecule has 0 aromatic rings. The molecule has 2 heterocycles. The van der Waals surface area contributed by atoms with Gasteiger partial charge in [0.2, 0.25) is 0 Å². The molecule has 2 saturated heterocycles. The van der Waals surface area contributed by atoms with Crippen molar-refractivity contribution < 1.29 is 4.74 Å². The fourth-order valence-corrected chi connectivity index (χ4v) is 2.72. The maximum absolute atomic E-state index is 5.59. The van der Waals surface area contributed by atoms with Crippen LogP contribution in [0.1, 0.15) is 19.3 Å². The molecule has 108 valence electrons. The van der Waals surface area contributed by atoms with Crippen LogP contribution in [0.25, 0.3) is 0 Å². The summed E-state index contributed by atoms with van der Waals surface area (Å²) in [6.07, 6.45) is 4.16. The van der Waals surface area contributed by atoms with Crippen LogP contribution in [0.15, 0.2) is 0 Å². The van der Waals surface area contributed by atoms with Crippen molar-refractivity contribution in [3.8, 4) is 0 Å². The summed E-state index contributed by atoms with van der Waals surface area (Å²) in [5.74, 6) is 1.53. The quantitative estimate of drug-likeness (QED) is 0.740. The van der Waals surface area contributed by atoms with E-state index in [0.717, 1.165) is 51.2 Å². The van der Waals surface area contributed by atoms with Gasteiger partial charge in [-0.05, 0) is 25.9 Å². The Morgan fingerprint density at radius 1 is 0.722 bits per heavy atom. The first-order chi connectivity index (χ1) is 8.86. The number of alkyl halides is 2. The highest BCUT2D eigenvalue weighted by molar-refractivity contribution is 6.18. The minimum Gasteiger partial charge on any atom is -0.379 e. The van der Waals surface area contributed by atoms with Crippen molar-refractivity contribution in [3.05, 3.63) is 0 Å². The minimum absolute atomic E-state index is 0.736. The summed E-state index contributed by atoms with van der Waals surface area (Å²) >= 11 is 11.1. The molecule has 0 aliphatic carbocycles. The number of rotatable bonds is 4. The van der Waals surface area contributed by atoms with Gasteiger partial charge in [0.05, 0.1) is 13.2 Å². The maximum Gasteiger partial charge on any atom is 0.0594 e. The van der Waals surface area contributed by atoms with Crippen LogP contribution >= 0.6 is 23.2 Å². The van der Waals surface area contributed by atoms with Crippen molar-refractivity contribution in [1.29, 1.82) is 0 Å². The van der Waals surface area contributed by atoms with E-state index < -0.39 is 0 Å². The van der Waals surface area contributed by atoms with Crippen LogP contribution in [0.3, 0.4) is 0 Å². The zero-order chi connectivity index (χ0) is 13.1. The topological polar surface area (TPSA) is 15.7 Å². The molecule has 5 heteroatoms. The van der Waals surface area contributed by atoms with Crippen molar-refractivity contribution in [1.82, 2.24) is 9.80 Å². The van der Waals surface area contributed by atoms with Gasteiger partial charge in [-0.2, -0.15) is 0 Å². The van der Waals surface area contributed by atoms with Gasteiger partial charge >= 0.3 is 0 Å². The van der Waals surface area contributed by atoms with Gasteiger partial charge < -0.3 is 9.64 Å². The summed E-state index contributed by atoms with van der Waals surface area (Å²) in [6.45, 7) is 8.47. The summed E-state index contributed by atoms with van der Waals surface area (Å²) in [6, 6.07) is 0. The third-order valence-corrected chi connectivity index (χ3v) is 3.69. The van der Waals surface area contributed by atoms with E-state index in [1.807, 2.05) is 0 Å². The summed E-state index contributed by atoms with van der Waals surface area (Å²) in [7, 11) is 0. The molecule has 0 amide bonds. The first kappa shape index (κ1) is 16.5. The number of ether oxygens (including phenoxy) is 1. The normalized spacial score (nSPS) is 22.3. The molecule has 2 aliphatic heterocycles. The monoisotopic (exact) mass is 296 g/mol. The molecule has 18 heavy (non-hydrogen) atoms. The number of halogens is 2. The predicted molar refractivity (Wildman–Crippen MR) is 79.0 cm³/mol. The van der Waals surface area contributed by atoms with Gasteiger partial charge in [-0.15, -0.1) is 23.2 Å². The molecule has 0 atom stereocenters. The molecule has 3 nitrogen and oxygen atoms in total. The lowest BCUT2D eigenvalue weighted by Gasteiger charge is -2.25. The smallest absolute Gasteiger partial charge is 0.0594 e. The SMILES string of the molecule is ClCCN1CCCCC1.ClCCN1CCOCC1. The maximum atomic E-state index is 5.59. The van der Waals surface area contributed by atoms with Crippen LogP contribution in [0.2, 0.25) is 0 Å². The first-order valence-corrected chi connectivity index (χ1v) is 8.08. The molecule has 0 spiro atoms. The van der Waals surface area contributed by atoms with E-state index in [1.54, 1.807) is 0 Å². The van der Waals surface area contributed by atoms with Crippen LogP contribution in [-0.2, 0) is 4.74 Å². The van der Waals surface area contributed by atoms with E-state index in [4.69, 9.17) is 27.9 Å². The standard InChI is InChI=1S/C7H14ClN.C6H12ClNO/c8-4-7-9-5-2-1-3-6-9;7-1-2-8-3-5-9-6-4-8/h1-7H2;1-6H2. The molecule has 2 aliphatic rings. The number of likely N-dealkylation sites (tertiary alicyclic amines) is 1. The predicted octanol–water partition coefficient (Wildman–Crippen LogP) is 2.27. The van der Waals surface area contributed by atoms with Crippen molar-refractivity contribution in [3.63, 3.8) is 0 Å². The highest BCUT2D eigenvalue weighted by Crippen LogP contribution is 2.07. The summed E-state index contributed by atoms with van der Waals surface area (Å²) in [5, 5.41) is 0. The molecule has 2 rings (SSSR count). The molecular weight excluding hydrogens is 271 g/mol. The zero-order valence-corrected chi connectivity index (χ0v) is 12.8. The van der Waals surface area contributed by atoms with Crippen molar-refractivity contribution in [2.24, 2.45) is 0 Å². The van der Waals surface area contributed by atoms with E-state index in [1.165, 1.54) is 32.4 Å². The molecule has 2 fully saturated rings. The summed E-state index contributed by atoms with van der Waals surface area (Å²) in [4.78, 5) is 4.76. The average Bonchev–Trinajstić information content (AvgIpc) is 2.43.